The fourth-order valence-corrected chi connectivity index (χ4v) is 3.24. The van der Waals surface area contributed by atoms with E-state index in [-0.39, 0.29) is 19.3 Å². The second-order valence-corrected chi connectivity index (χ2v) is 6.89. The number of nitrogens with two attached hydrogens (primary N) is 2. The summed E-state index contributed by atoms with van der Waals surface area (Å²) in [5, 5.41) is 12.0. The highest BCUT2D eigenvalue weighted by Crippen LogP contribution is 2.19. The maximum absolute atomic E-state index is 13.0. The molecule has 0 radical (unpaired) electrons. The summed E-state index contributed by atoms with van der Waals surface area (Å²) in [6, 6.07) is 6.25. The van der Waals surface area contributed by atoms with Crippen molar-refractivity contribution >= 4 is 23.7 Å². The van der Waals surface area contributed by atoms with Crippen LogP contribution in [-0.4, -0.2) is 58.4 Å². The van der Waals surface area contributed by atoms with Gasteiger partial charge >= 0.3 is 5.97 Å². The normalized spacial score (nSPS) is 18.3. The molecular formula is C19H26N4O5. The van der Waals surface area contributed by atoms with Crippen LogP contribution < -0.4 is 16.8 Å². The maximum atomic E-state index is 13.0. The molecule has 1 aromatic carbocycles. The molecule has 9 nitrogen and oxygen atoms in total. The van der Waals surface area contributed by atoms with Gasteiger partial charge in [0, 0.05) is 19.4 Å². The monoisotopic (exact) mass is 390 g/mol. The molecule has 1 aliphatic heterocycles. The summed E-state index contributed by atoms with van der Waals surface area (Å²) in [6.07, 6.45) is 1.20. The van der Waals surface area contributed by atoms with E-state index >= 15 is 0 Å². The van der Waals surface area contributed by atoms with Crippen molar-refractivity contribution in [1.29, 1.82) is 0 Å². The van der Waals surface area contributed by atoms with Gasteiger partial charge in [-0.25, -0.2) is 4.79 Å². The third-order valence-corrected chi connectivity index (χ3v) is 4.76. The summed E-state index contributed by atoms with van der Waals surface area (Å²) in [6.45, 7) is 0.324. The van der Waals surface area contributed by atoms with Gasteiger partial charge < -0.3 is 26.8 Å². The molecule has 1 fully saturated rings. The molecule has 1 heterocycles. The zero-order valence-electron chi connectivity index (χ0n) is 15.5. The van der Waals surface area contributed by atoms with Gasteiger partial charge in [0.05, 0.1) is 6.04 Å². The van der Waals surface area contributed by atoms with Gasteiger partial charge in [-0.2, -0.15) is 0 Å². The summed E-state index contributed by atoms with van der Waals surface area (Å²) in [7, 11) is 0. The molecule has 2 rings (SSSR count). The highest BCUT2D eigenvalue weighted by molar-refractivity contribution is 5.92. The fourth-order valence-electron chi connectivity index (χ4n) is 3.24. The van der Waals surface area contributed by atoms with E-state index < -0.39 is 41.8 Å². The molecule has 0 spiro atoms. The molecule has 1 aromatic rings. The van der Waals surface area contributed by atoms with Crippen LogP contribution in [0.15, 0.2) is 30.3 Å². The van der Waals surface area contributed by atoms with Crippen LogP contribution in [0, 0.1) is 0 Å². The molecule has 6 N–H and O–H groups in total. The number of hydrogen-bond donors (Lipinski definition) is 4. The Morgan fingerprint density at radius 1 is 1.21 bits per heavy atom. The highest BCUT2D eigenvalue weighted by atomic mass is 16.4. The van der Waals surface area contributed by atoms with Crippen LogP contribution in [-0.2, 0) is 25.6 Å². The number of carbonyl (C=O) groups is 4. The molecule has 0 aromatic heterocycles. The highest BCUT2D eigenvalue weighted by Gasteiger charge is 2.38. The maximum Gasteiger partial charge on any atom is 0.326 e. The molecule has 0 unspecified atom stereocenters. The second-order valence-electron chi connectivity index (χ2n) is 6.89. The lowest BCUT2D eigenvalue weighted by Gasteiger charge is -2.28. The summed E-state index contributed by atoms with van der Waals surface area (Å²) in [4.78, 5) is 49.1. The summed E-state index contributed by atoms with van der Waals surface area (Å²) in [5.41, 5.74) is 11.7. The van der Waals surface area contributed by atoms with Crippen molar-refractivity contribution in [2.45, 2.75) is 50.2 Å². The second kappa shape index (κ2) is 9.84. The van der Waals surface area contributed by atoms with Crippen LogP contribution in [0.4, 0.5) is 0 Å². The number of aliphatic carboxylic acids is 1. The number of rotatable bonds is 9. The van der Waals surface area contributed by atoms with E-state index in [1.165, 1.54) is 4.90 Å². The quantitative estimate of drug-likeness (QED) is 0.440. The van der Waals surface area contributed by atoms with Gasteiger partial charge in [0.2, 0.25) is 17.7 Å². The number of benzene rings is 1. The van der Waals surface area contributed by atoms with E-state index in [9.17, 15) is 24.3 Å². The first-order valence-corrected chi connectivity index (χ1v) is 9.21. The lowest BCUT2D eigenvalue weighted by Crippen LogP contribution is -2.55. The average Bonchev–Trinajstić information content (AvgIpc) is 3.15. The number of likely N-dealkylation sites (tertiary alicyclic amines) is 1. The third-order valence-electron chi connectivity index (χ3n) is 4.76. The minimum absolute atomic E-state index is 0.0426. The lowest BCUT2D eigenvalue weighted by molar-refractivity contribution is -0.149. The van der Waals surface area contributed by atoms with E-state index in [0.29, 0.717) is 19.4 Å². The Balaban J connectivity index is 2.14. The van der Waals surface area contributed by atoms with Gasteiger partial charge in [-0.15, -0.1) is 0 Å². The Kier molecular flexibility index (Phi) is 7.51. The van der Waals surface area contributed by atoms with Crippen molar-refractivity contribution < 1.29 is 24.3 Å². The molecule has 0 aliphatic carbocycles. The molecule has 9 heteroatoms. The largest absolute Gasteiger partial charge is 0.480 e. The molecule has 0 saturated carbocycles. The first-order valence-electron chi connectivity index (χ1n) is 9.21. The standard InChI is InChI=1S/C19H26N4O5/c20-13(8-9-16(21)24)17(25)22-14(11-12-5-2-1-3-6-12)18(26)23-10-4-7-15(23)19(27)28/h1-3,5-6,13-15H,4,7-11,20H2,(H2,21,24)(H,22,25)(H,27,28)/t13-,14-,15+/m0/s1. The number of carboxylic acids is 1. The number of nitrogens with zero attached hydrogens (tertiary/aromatic N) is 1. The number of nitrogens with one attached hydrogen (secondary N) is 1. The number of carboxylic acid groups (broad SMARTS) is 1. The fraction of sp³-hybridized carbons (Fsp3) is 0.474. The minimum Gasteiger partial charge on any atom is -0.480 e. The van der Waals surface area contributed by atoms with Crippen LogP contribution in [0.1, 0.15) is 31.2 Å². The Hall–Kier alpha value is -2.94. The Labute approximate surface area is 163 Å². The predicted molar refractivity (Wildman–Crippen MR) is 101 cm³/mol. The van der Waals surface area contributed by atoms with Crippen LogP contribution in [0.3, 0.4) is 0 Å². The Morgan fingerprint density at radius 2 is 1.89 bits per heavy atom. The van der Waals surface area contributed by atoms with Crippen molar-refractivity contribution in [2.24, 2.45) is 11.5 Å². The first-order chi connectivity index (χ1) is 13.3. The van der Waals surface area contributed by atoms with E-state index in [2.05, 4.69) is 5.32 Å². The Bertz CT molecular complexity index is 724. The van der Waals surface area contributed by atoms with Crippen LogP contribution in [0.5, 0.6) is 0 Å². The van der Waals surface area contributed by atoms with Crippen molar-refractivity contribution in [3.05, 3.63) is 35.9 Å². The van der Waals surface area contributed by atoms with Crippen LogP contribution in [0.25, 0.3) is 0 Å². The summed E-state index contributed by atoms with van der Waals surface area (Å²) in [5.74, 6) is -2.67. The van der Waals surface area contributed by atoms with E-state index in [0.717, 1.165) is 5.56 Å². The van der Waals surface area contributed by atoms with Gasteiger partial charge in [0.1, 0.15) is 12.1 Å². The lowest BCUT2D eigenvalue weighted by atomic mass is 10.0. The van der Waals surface area contributed by atoms with Gasteiger partial charge in [-0.3, -0.25) is 14.4 Å². The van der Waals surface area contributed by atoms with Crippen LogP contribution in [0.2, 0.25) is 0 Å². The SMILES string of the molecule is NC(=O)CC[C@H](N)C(=O)N[C@@H](Cc1ccccc1)C(=O)N1CCC[C@@H]1C(=O)O. The third kappa shape index (κ3) is 5.78. The minimum atomic E-state index is -1.06. The molecule has 3 atom stereocenters. The van der Waals surface area contributed by atoms with Crippen molar-refractivity contribution in [3.8, 4) is 0 Å². The summed E-state index contributed by atoms with van der Waals surface area (Å²) >= 11 is 0. The first kappa shape index (κ1) is 21.4. The number of carbonyl (C=O) groups excluding carboxylic acids is 3. The van der Waals surface area contributed by atoms with Crippen molar-refractivity contribution in [2.75, 3.05) is 6.54 Å². The zero-order chi connectivity index (χ0) is 20.7. The molecule has 1 saturated heterocycles. The number of amides is 3. The molecule has 28 heavy (non-hydrogen) atoms. The van der Waals surface area contributed by atoms with Gasteiger partial charge in [-0.05, 0) is 24.8 Å². The van der Waals surface area contributed by atoms with Gasteiger partial charge in [0.25, 0.3) is 0 Å². The van der Waals surface area contributed by atoms with Gasteiger partial charge in [-0.1, -0.05) is 30.3 Å². The van der Waals surface area contributed by atoms with Crippen molar-refractivity contribution in [3.63, 3.8) is 0 Å². The predicted octanol–water partition coefficient (Wildman–Crippen LogP) is -0.618. The molecule has 3 amide bonds. The molecule has 1 aliphatic rings. The molecular weight excluding hydrogens is 364 g/mol. The molecule has 0 bridgehead atoms. The zero-order valence-corrected chi connectivity index (χ0v) is 15.5. The van der Waals surface area contributed by atoms with Crippen molar-refractivity contribution in [1.82, 2.24) is 10.2 Å². The topological polar surface area (TPSA) is 156 Å². The summed E-state index contributed by atoms with van der Waals surface area (Å²) < 4.78 is 0. The van der Waals surface area contributed by atoms with E-state index in [1.807, 2.05) is 30.3 Å². The smallest absolute Gasteiger partial charge is 0.326 e. The Morgan fingerprint density at radius 3 is 2.50 bits per heavy atom. The number of hydrogen-bond acceptors (Lipinski definition) is 5. The molecule has 152 valence electrons. The van der Waals surface area contributed by atoms with Gasteiger partial charge in [0.15, 0.2) is 0 Å². The van der Waals surface area contributed by atoms with Crippen LogP contribution >= 0.6 is 0 Å². The number of primary amides is 1. The van der Waals surface area contributed by atoms with E-state index in [1.54, 1.807) is 0 Å². The average molecular weight is 390 g/mol. The van der Waals surface area contributed by atoms with E-state index in [4.69, 9.17) is 11.5 Å².